The molecule has 0 saturated heterocycles. The topological polar surface area (TPSA) is 58.6 Å². The van der Waals surface area contributed by atoms with Crippen LogP contribution >= 0.6 is 0 Å². The van der Waals surface area contributed by atoms with Crippen molar-refractivity contribution in [3.63, 3.8) is 0 Å². The van der Waals surface area contributed by atoms with E-state index in [0.717, 1.165) is 23.3 Å². The smallest absolute Gasteiger partial charge is 0.394 e. The van der Waals surface area contributed by atoms with Gasteiger partial charge in [-0.25, -0.2) is 0 Å². The first-order valence-corrected chi connectivity index (χ1v) is 8.05. The molecule has 0 bridgehead atoms. The molecule has 7 heteroatoms. The van der Waals surface area contributed by atoms with Crippen molar-refractivity contribution in [2.45, 2.75) is 19.2 Å². The van der Waals surface area contributed by atoms with E-state index in [9.17, 15) is 18.0 Å². The molecule has 140 valence electrons. The fourth-order valence-corrected chi connectivity index (χ4v) is 2.37. The van der Waals surface area contributed by atoms with Crippen molar-refractivity contribution in [3.8, 4) is 0 Å². The number of hydrogen-bond donors (Lipinski definition) is 2. The maximum atomic E-state index is 12.8. The van der Waals surface area contributed by atoms with Crippen LogP contribution in [0.1, 0.15) is 33.2 Å². The van der Waals surface area contributed by atoms with Gasteiger partial charge in [0.05, 0.1) is 24.9 Å². The third kappa shape index (κ3) is 5.57. The van der Waals surface area contributed by atoms with E-state index in [4.69, 9.17) is 9.84 Å². The van der Waals surface area contributed by atoms with E-state index in [0.29, 0.717) is 0 Å². The average Bonchev–Trinajstić information content (AvgIpc) is 2.62. The highest BCUT2D eigenvalue weighted by atomic mass is 19.4. The quantitative estimate of drug-likeness (QED) is 0.788. The SMILES string of the molecule is Cc1ccc(C(CNC(=O)c2cccc(C(F)(F)F)c2)OCCO)cc1. The van der Waals surface area contributed by atoms with Crippen molar-refractivity contribution in [3.05, 3.63) is 70.8 Å². The number of ether oxygens (including phenoxy) is 1. The standard InChI is InChI=1S/C19H20F3NO3/c1-13-5-7-14(8-6-13)17(26-10-9-24)12-23-18(25)15-3-2-4-16(11-15)19(20,21)22/h2-8,11,17,24H,9-10,12H2,1H3,(H,23,25). The molecule has 2 N–H and O–H groups in total. The molecule has 0 fully saturated rings. The van der Waals surface area contributed by atoms with Crippen molar-refractivity contribution in [2.24, 2.45) is 0 Å². The van der Waals surface area contributed by atoms with Crippen molar-refractivity contribution >= 4 is 5.91 Å². The van der Waals surface area contributed by atoms with E-state index in [2.05, 4.69) is 5.32 Å². The van der Waals surface area contributed by atoms with Gasteiger partial charge in [0.15, 0.2) is 0 Å². The zero-order chi connectivity index (χ0) is 19.2. The summed E-state index contributed by atoms with van der Waals surface area (Å²) in [6.45, 7) is 1.91. The molecular weight excluding hydrogens is 347 g/mol. The van der Waals surface area contributed by atoms with Crippen LogP contribution in [0, 0.1) is 6.92 Å². The molecular formula is C19H20F3NO3. The van der Waals surface area contributed by atoms with Gasteiger partial charge in [-0.05, 0) is 30.7 Å². The number of carbonyl (C=O) groups is 1. The summed E-state index contributed by atoms with van der Waals surface area (Å²) in [6.07, 6.45) is -5.03. The van der Waals surface area contributed by atoms with E-state index in [1.165, 1.54) is 12.1 Å². The Kier molecular flexibility index (Phi) is 6.76. The van der Waals surface area contributed by atoms with Crippen molar-refractivity contribution in [2.75, 3.05) is 19.8 Å². The monoisotopic (exact) mass is 367 g/mol. The van der Waals surface area contributed by atoms with Crippen molar-refractivity contribution < 1.29 is 27.8 Å². The number of alkyl halides is 3. The number of aliphatic hydroxyl groups is 1. The lowest BCUT2D eigenvalue weighted by atomic mass is 10.1. The van der Waals surface area contributed by atoms with Gasteiger partial charge < -0.3 is 15.2 Å². The summed E-state index contributed by atoms with van der Waals surface area (Å²) in [5.41, 5.74) is 0.900. The van der Waals surface area contributed by atoms with Gasteiger partial charge in [0, 0.05) is 12.1 Å². The second kappa shape index (κ2) is 8.82. The number of halogens is 3. The Morgan fingerprint density at radius 3 is 2.50 bits per heavy atom. The highest BCUT2D eigenvalue weighted by molar-refractivity contribution is 5.94. The maximum absolute atomic E-state index is 12.8. The Bertz CT molecular complexity index is 730. The highest BCUT2D eigenvalue weighted by Crippen LogP contribution is 2.29. The minimum atomic E-state index is -4.51. The molecule has 0 aliphatic heterocycles. The van der Waals surface area contributed by atoms with Gasteiger partial charge in [-0.3, -0.25) is 4.79 Å². The summed E-state index contributed by atoms with van der Waals surface area (Å²) in [5.74, 6) is -0.624. The van der Waals surface area contributed by atoms with E-state index >= 15 is 0 Å². The van der Waals surface area contributed by atoms with E-state index in [1.54, 1.807) is 0 Å². The van der Waals surface area contributed by atoms with Crippen LogP contribution in [-0.4, -0.2) is 30.8 Å². The van der Waals surface area contributed by atoms with E-state index in [1.807, 2.05) is 31.2 Å². The first kappa shape index (κ1) is 19.9. The highest BCUT2D eigenvalue weighted by Gasteiger charge is 2.30. The number of rotatable bonds is 7. The molecule has 0 radical (unpaired) electrons. The normalized spacial score (nSPS) is 12.7. The lowest BCUT2D eigenvalue weighted by Crippen LogP contribution is -2.30. The summed E-state index contributed by atoms with van der Waals surface area (Å²) >= 11 is 0. The Morgan fingerprint density at radius 1 is 1.19 bits per heavy atom. The van der Waals surface area contributed by atoms with Gasteiger partial charge >= 0.3 is 6.18 Å². The van der Waals surface area contributed by atoms with Crippen LogP contribution in [0.4, 0.5) is 13.2 Å². The molecule has 0 aromatic heterocycles. The zero-order valence-electron chi connectivity index (χ0n) is 14.2. The van der Waals surface area contributed by atoms with Crippen LogP contribution < -0.4 is 5.32 Å². The largest absolute Gasteiger partial charge is 0.416 e. The molecule has 1 atom stereocenters. The number of benzene rings is 2. The van der Waals surface area contributed by atoms with E-state index < -0.39 is 23.8 Å². The Morgan fingerprint density at radius 2 is 1.88 bits per heavy atom. The predicted molar refractivity (Wildman–Crippen MR) is 90.7 cm³/mol. The van der Waals surface area contributed by atoms with Gasteiger partial charge in [-0.15, -0.1) is 0 Å². The summed E-state index contributed by atoms with van der Waals surface area (Å²) in [6, 6.07) is 11.7. The third-order valence-corrected chi connectivity index (χ3v) is 3.76. The summed E-state index contributed by atoms with van der Waals surface area (Å²) in [5, 5.41) is 11.5. The fraction of sp³-hybridized carbons (Fsp3) is 0.316. The second-order valence-electron chi connectivity index (χ2n) is 5.78. The lowest BCUT2D eigenvalue weighted by Gasteiger charge is -2.19. The number of aliphatic hydroxyl groups excluding tert-OH is 1. The molecule has 2 aromatic carbocycles. The molecule has 4 nitrogen and oxygen atoms in total. The second-order valence-corrected chi connectivity index (χ2v) is 5.78. The van der Waals surface area contributed by atoms with Crippen LogP contribution in [0.3, 0.4) is 0 Å². The Labute approximate surface area is 149 Å². The number of aryl methyl sites for hydroxylation is 1. The molecule has 1 unspecified atom stereocenters. The predicted octanol–water partition coefficient (Wildman–Crippen LogP) is 3.49. The Balaban J connectivity index is 2.08. The number of hydrogen-bond acceptors (Lipinski definition) is 3. The average molecular weight is 367 g/mol. The van der Waals surface area contributed by atoms with Gasteiger partial charge in [0.1, 0.15) is 0 Å². The molecule has 0 aliphatic carbocycles. The minimum absolute atomic E-state index is 0.0676. The van der Waals surface area contributed by atoms with Crippen molar-refractivity contribution in [1.82, 2.24) is 5.32 Å². The van der Waals surface area contributed by atoms with Crippen LogP contribution in [-0.2, 0) is 10.9 Å². The molecule has 2 rings (SSSR count). The van der Waals surface area contributed by atoms with Gasteiger partial charge in [-0.2, -0.15) is 13.2 Å². The molecule has 0 aliphatic rings. The van der Waals surface area contributed by atoms with Crippen LogP contribution in [0.2, 0.25) is 0 Å². The van der Waals surface area contributed by atoms with Crippen LogP contribution in [0.15, 0.2) is 48.5 Å². The first-order valence-electron chi connectivity index (χ1n) is 8.05. The van der Waals surface area contributed by atoms with Gasteiger partial charge in [0.25, 0.3) is 5.91 Å². The number of carbonyl (C=O) groups excluding carboxylic acids is 1. The zero-order valence-corrected chi connectivity index (χ0v) is 14.2. The fourth-order valence-electron chi connectivity index (χ4n) is 2.37. The molecule has 0 spiro atoms. The van der Waals surface area contributed by atoms with Crippen LogP contribution in [0.5, 0.6) is 0 Å². The summed E-state index contributed by atoms with van der Waals surface area (Å²) in [7, 11) is 0. The summed E-state index contributed by atoms with van der Waals surface area (Å²) < 4.78 is 43.8. The van der Waals surface area contributed by atoms with Crippen LogP contribution in [0.25, 0.3) is 0 Å². The van der Waals surface area contributed by atoms with E-state index in [-0.39, 0.29) is 25.3 Å². The number of nitrogens with one attached hydrogen (secondary N) is 1. The lowest BCUT2D eigenvalue weighted by molar-refractivity contribution is -0.137. The molecule has 0 saturated carbocycles. The Hall–Kier alpha value is -2.38. The first-order chi connectivity index (χ1) is 12.3. The molecule has 2 aromatic rings. The molecule has 1 amide bonds. The third-order valence-electron chi connectivity index (χ3n) is 3.76. The van der Waals surface area contributed by atoms with Gasteiger partial charge in [-0.1, -0.05) is 35.9 Å². The number of amides is 1. The molecule has 0 heterocycles. The minimum Gasteiger partial charge on any atom is -0.394 e. The maximum Gasteiger partial charge on any atom is 0.416 e. The van der Waals surface area contributed by atoms with Gasteiger partial charge in [0.2, 0.25) is 0 Å². The van der Waals surface area contributed by atoms with Crippen molar-refractivity contribution in [1.29, 1.82) is 0 Å². The molecule has 26 heavy (non-hydrogen) atoms. The summed E-state index contributed by atoms with van der Waals surface area (Å²) in [4.78, 5) is 12.2.